The molecule has 2 aromatic rings. The van der Waals surface area contributed by atoms with Crippen LogP contribution in [0.3, 0.4) is 0 Å². The van der Waals surface area contributed by atoms with E-state index in [2.05, 4.69) is 0 Å². The minimum absolute atomic E-state index is 0.0446. The largest absolute Gasteiger partial charge is 0.338 e. The average molecular weight is 403 g/mol. The summed E-state index contributed by atoms with van der Waals surface area (Å²) in [4.78, 5) is 32.8. The third kappa shape index (κ3) is 3.75. The van der Waals surface area contributed by atoms with Gasteiger partial charge in [0.05, 0.1) is 23.6 Å². The number of amides is 2. The van der Waals surface area contributed by atoms with E-state index in [1.54, 1.807) is 4.90 Å². The Kier molecular flexibility index (Phi) is 5.08. The standard InChI is InChI=1S/C21H20ClFN2O3/c22-18-7-6-16(23)12-17(18)20(27)24-10-8-21(9-11-24)13-19(26)25(28-21)14-15-4-2-1-3-5-15/h1-7,12H,8-11,13-14H2. The van der Waals surface area contributed by atoms with Crippen LogP contribution in [0.15, 0.2) is 48.5 Å². The van der Waals surface area contributed by atoms with Crippen molar-refractivity contribution in [3.8, 4) is 0 Å². The summed E-state index contributed by atoms with van der Waals surface area (Å²) in [5.74, 6) is -0.843. The highest BCUT2D eigenvalue weighted by molar-refractivity contribution is 6.33. The van der Waals surface area contributed by atoms with Crippen molar-refractivity contribution in [2.45, 2.75) is 31.4 Å². The number of halogens is 2. The van der Waals surface area contributed by atoms with E-state index in [0.717, 1.165) is 11.6 Å². The number of carbonyl (C=O) groups excluding carboxylic acids is 2. The molecule has 2 amide bonds. The van der Waals surface area contributed by atoms with Crippen LogP contribution < -0.4 is 0 Å². The maximum atomic E-state index is 13.5. The number of likely N-dealkylation sites (tertiary alicyclic amines) is 1. The van der Waals surface area contributed by atoms with Crippen LogP contribution in [-0.4, -0.2) is 40.5 Å². The van der Waals surface area contributed by atoms with Gasteiger partial charge in [-0.25, -0.2) is 9.45 Å². The molecule has 28 heavy (non-hydrogen) atoms. The number of nitrogens with zero attached hydrogens (tertiary/aromatic N) is 2. The van der Waals surface area contributed by atoms with E-state index in [1.165, 1.54) is 17.2 Å². The molecule has 7 heteroatoms. The fraction of sp³-hybridized carbons (Fsp3) is 0.333. The molecule has 0 radical (unpaired) electrons. The zero-order chi connectivity index (χ0) is 19.7. The molecule has 2 aliphatic heterocycles. The zero-order valence-corrected chi connectivity index (χ0v) is 16.0. The van der Waals surface area contributed by atoms with E-state index in [0.29, 0.717) is 38.9 Å². The van der Waals surface area contributed by atoms with Crippen LogP contribution in [0, 0.1) is 5.82 Å². The first-order chi connectivity index (χ1) is 13.5. The first-order valence-electron chi connectivity index (χ1n) is 9.24. The zero-order valence-electron chi connectivity index (χ0n) is 15.2. The molecule has 1 spiro atoms. The predicted octanol–water partition coefficient (Wildman–Crippen LogP) is 3.82. The summed E-state index contributed by atoms with van der Waals surface area (Å²) in [6, 6.07) is 13.4. The van der Waals surface area contributed by atoms with E-state index in [9.17, 15) is 14.0 Å². The molecule has 0 bridgehead atoms. The highest BCUT2D eigenvalue weighted by Crippen LogP contribution is 2.37. The van der Waals surface area contributed by atoms with E-state index >= 15 is 0 Å². The molecule has 5 nitrogen and oxygen atoms in total. The molecule has 0 unspecified atom stereocenters. The molecule has 0 aliphatic carbocycles. The van der Waals surface area contributed by atoms with Gasteiger partial charge in [-0.15, -0.1) is 0 Å². The molecule has 0 N–H and O–H groups in total. The number of hydrogen-bond donors (Lipinski definition) is 0. The van der Waals surface area contributed by atoms with Crippen LogP contribution in [0.25, 0.3) is 0 Å². The molecule has 2 fully saturated rings. The van der Waals surface area contributed by atoms with Crippen LogP contribution in [0.4, 0.5) is 4.39 Å². The lowest BCUT2D eigenvalue weighted by atomic mass is 9.88. The third-order valence-corrected chi connectivity index (χ3v) is 5.67. The highest BCUT2D eigenvalue weighted by atomic mass is 35.5. The van der Waals surface area contributed by atoms with Crippen molar-refractivity contribution in [1.29, 1.82) is 0 Å². The molecular formula is C21H20ClFN2O3. The molecule has 2 heterocycles. The normalized spacial score (nSPS) is 18.7. The second kappa shape index (κ2) is 7.53. The molecule has 146 valence electrons. The number of piperidine rings is 1. The van der Waals surface area contributed by atoms with Gasteiger partial charge in [-0.2, -0.15) is 0 Å². The Balaban J connectivity index is 1.40. The molecule has 0 atom stereocenters. The van der Waals surface area contributed by atoms with Gasteiger partial charge in [0.2, 0.25) is 5.91 Å². The van der Waals surface area contributed by atoms with Crippen LogP contribution in [-0.2, 0) is 16.2 Å². The molecule has 2 aliphatic rings. The number of hydroxylamine groups is 2. The number of carbonyl (C=O) groups is 2. The number of hydrogen-bond acceptors (Lipinski definition) is 3. The van der Waals surface area contributed by atoms with Gasteiger partial charge in [-0.05, 0) is 36.6 Å². The first kappa shape index (κ1) is 18.9. The quantitative estimate of drug-likeness (QED) is 0.784. The number of rotatable bonds is 3. The maximum Gasteiger partial charge on any atom is 0.255 e. The lowest BCUT2D eigenvalue weighted by molar-refractivity contribution is -0.213. The average Bonchev–Trinajstić information content (AvgIpc) is 2.99. The monoisotopic (exact) mass is 402 g/mol. The van der Waals surface area contributed by atoms with Gasteiger partial charge in [0.1, 0.15) is 11.4 Å². The van der Waals surface area contributed by atoms with Crippen LogP contribution in [0.1, 0.15) is 35.2 Å². The summed E-state index contributed by atoms with van der Waals surface area (Å²) in [5, 5.41) is 1.66. The second-order valence-corrected chi connectivity index (χ2v) is 7.69. The van der Waals surface area contributed by atoms with Gasteiger partial charge in [0, 0.05) is 13.1 Å². The van der Waals surface area contributed by atoms with Crippen molar-refractivity contribution in [3.63, 3.8) is 0 Å². The summed E-state index contributed by atoms with van der Waals surface area (Å²) in [5.41, 5.74) is 0.585. The lowest BCUT2D eigenvalue weighted by Crippen LogP contribution is -2.47. The molecule has 2 aromatic carbocycles. The van der Waals surface area contributed by atoms with E-state index in [-0.39, 0.29) is 22.4 Å². The van der Waals surface area contributed by atoms with Gasteiger partial charge < -0.3 is 4.90 Å². The second-order valence-electron chi connectivity index (χ2n) is 7.28. The van der Waals surface area contributed by atoms with E-state index in [4.69, 9.17) is 16.4 Å². The third-order valence-electron chi connectivity index (χ3n) is 5.35. The Bertz CT molecular complexity index is 898. The van der Waals surface area contributed by atoms with Crippen LogP contribution >= 0.6 is 11.6 Å². The highest BCUT2D eigenvalue weighted by Gasteiger charge is 2.47. The SMILES string of the molecule is O=C(c1cc(F)ccc1Cl)N1CCC2(CC1)CC(=O)N(Cc1ccccc1)O2. The molecule has 4 rings (SSSR count). The van der Waals surface area contributed by atoms with Crippen molar-refractivity contribution in [2.24, 2.45) is 0 Å². The Hall–Kier alpha value is -2.44. The first-order valence-corrected chi connectivity index (χ1v) is 9.61. The molecule has 0 saturated carbocycles. The van der Waals surface area contributed by atoms with Gasteiger partial charge in [-0.1, -0.05) is 41.9 Å². The summed E-state index contributed by atoms with van der Waals surface area (Å²) in [6.07, 6.45) is 1.40. The van der Waals surface area contributed by atoms with Crippen molar-refractivity contribution >= 4 is 23.4 Å². The predicted molar refractivity (Wildman–Crippen MR) is 102 cm³/mol. The van der Waals surface area contributed by atoms with Crippen LogP contribution in [0.2, 0.25) is 5.02 Å². The Morgan fingerprint density at radius 2 is 1.86 bits per heavy atom. The minimum atomic E-state index is -0.575. The van der Waals surface area contributed by atoms with Crippen molar-refractivity contribution < 1.29 is 18.8 Å². The summed E-state index contributed by atoms with van der Waals surface area (Å²) in [7, 11) is 0. The fourth-order valence-corrected chi connectivity index (χ4v) is 3.97. The summed E-state index contributed by atoms with van der Waals surface area (Å²) in [6.45, 7) is 1.26. The topological polar surface area (TPSA) is 49.9 Å². The smallest absolute Gasteiger partial charge is 0.255 e. The summed E-state index contributed by atoms with van der Waals surface area (Å²) >= 11 is 6.06. The summed E-state index contributed by atoms with van der Waals surface area (Å²) < 4.78 is 13.5. The lowest BCUT2D eigenvalue weighted by Gasteiger charge is -2.38. The van der Waals surface area contributed by atoms with E-state index in [1.807, 2.05) is 30.3 Å². The van der Waals surface area contributed by atoms with Gasteiger partial charge in [0.25, 0.3) is 5.91 Å². The Labute approximate surface area is 167 Å². The van der Waals surface area contributed by atoms with E-state index < -0.39 is 11.4 Å². The Morgan fingerprint density at radius 3 is 2.57 bits per heavy atom. The van der Waals surface area contributed by atoms with Crippen LogP contribution in [0.5, 0.6) is 0 Å². The van der Waals surface area contributed by atoms with Crippen molar-refractivity contribution in [1.82, 2.24) is 9.96 Å². The fourth-order valence-electron chi connectivity index (χ4n) is 3.77. The van der Waals surface area contributed by atoms with Crippen molar-refractivity contribution in [2.75, 3.05) is 13.1 Å². The Morgan fingerprint density at radius 1 is 1.14 bits per heavy atom. The molecule has 0 aromatic heterocycles. The molecule has 2 saturated heterocycles. The minimum Gasteiger partial charge on any atom is -0.338 e. The number of benzene rings is 2. The van der Waals surface area contributed by atoms with Gasteiger partial charge >= 0.3 is 0 Å². The van der Waals surface area contributed by atoms with Crippen molar-refractivity contribution in [3.05, 3.63) is 70.5 Å². The maximum absolute atomic E-state index is 13.5. The van der Waals surface area contributed by atoms with Gasteiger partial charge in [-0.3, -0.25) is 14.4 Å². The molecular weight excluding hydrogens is 383 g/mol. The van der Waals surface area contributed by atoms with Gasteiger partial charge in [0.15, 0.2) is 0 Å².